The van der Waals surface area contributed by atoms with E-state index < -0.39 is 5.97 Å². The number of aliphatic carboxylic acids is 1. The minimum atomic E-state index is -0.792. The van der Waals surface area contributed by atoms with Crippen LogP contribution in [0.25, 0.3) is 0 Å². The van der Waals surface area contributed by atoms with E-state index >= 15 is 0 Å². The summed E-state index contributed by atoms with van der Waals surface area (Å²) in [5.41, 5.74) is -0.154. The fourth-order valence-corrected chi connectivity index (χ4v) is 3.56. The summed E-state index contributed by atoms with van der Waals surface area (Å²) in [6, 6.07) is 0. The third-order valence-corrected chi connectivity index (χ3v) is 5.04. The Kier molecular flexibility index (Phi) is 5.02. The van der Waals surface area contributed by atoms with E-state index in [0.29, 0.717) is 25.8 Å². The maximum absolute atomic E-state index is 12.1. The number of rotatable bonds is 5. The van der Waals surface area contributed by atoms with Gasteiger partial charge in [-0.3, -0.25) is 9.59 Å². The predicted molar refractivity (Wildman–Crippen MR) is 74.1 cm³/mol. The zero-order valence-electron chi connectivity index (χ0n) is 11.9. The maximum Gasteiger partial charge on any atom is 0.306 e. The Bertz CT molecular complexity index is 363. The van der Waals surface area contributed by atoms with Crippen LogP contribution in [-0.4, -0.2) is 35.2 Å². The van der Waals surface area contributed by atoms with Gasteiger partial charge in [0.15, 0.2) is 0 Å². The third kappa shape index (κ3) is 3.51. The molecule has 3 N–H and O–H groups in total. The molecule has 0 bridgehead atoms. The summed E-state index contributed by atoms with van der Waals surface area (Å²) in [6.07, 6.45) is 7.07. The molecule has 0 heterocycles. The fraction of sp³-hybridized carbons (Fsp3) is 0.867. The summed E-state index contributed by atoms with van der Waals surface area (Å²) in [4.78, 5) is 23.0. The Morgan fingerprint density at radius 3 is 2.30 bits per heavy atom. The van der Waals surface area contributed by atoms with E-state index in [4.69, 9.17) is 5.11 Å². The topological polar surface area (TPSA) is 86.6 Å². The van der Waals surface area contributed by atoms with Crippen molar-refractivity contribution in [1.82, 2.24) is 5.32 Å². The smallest absolute Gasteiger partial charge is 0.306 e. The lowest BCUT2D eigenvalue weighted by Crippen LogP contribution is -2.43. The summed E-state index contributed by atoms with van der Waals surface area (Å²) in [5.74, 6) is -1.37. The van der Waals surface area contributed by atoms with Gasteiger partial charge in [-0.1, -0.05) is 19.3 Å². The Labute approximate surface area is 119 Å². The largest absolute Gasteiger partial charge is 0.481 e. The van der Waals surface area contributed by atoms with Crippen molar-refractivity contribution < 1.29 is 19.8 Å². The minimum absolute atomic E-state index is 0.0350. The van der Waals surface area contributed by atoms with E-state index in [2.05, 4.69) is 5.32 Å². The van der Waals surface area contributed by atoms with E-state index in [1.54, 1.807) is 0 Å². The molecule has 1 amide bonds. The van der Waals surface area contributed by atoms with Crippen LogP contribution in [0.4, 0.5) is 0 Å². The van der Waals surface area contributed by atoms with Gasteiger partial charge >= 0.3 is 5.97 Å². The zero-order valence-corrected chi connectivity index (χ0v) is 11.9. The average molecular weight is 283 g/mol. The van der Waals surface area contributed by atoms with Gasteiger partial charge in [-0.2, -0.15) is 0 Å². The number of carbonyl (C=O) groups is 2. The maximum atomic E-state index is 12.1. The van der Waals surface area contributed by atoms with Crippen molar-refractivity contribution in [2.75, 3.05) is 13.2 Å². The lowest BCUT2D eigenvalue weighted by Gasteiger charge is -2.36. The van der Waals surface area contributed by atoms with Crippen molar-refractivity contribution in [2.45, 2.75) is 51.4 Å². The Morgan fingerprint density at radius 2 is 1.75 bits per heavy atom. The first-order chi connectivity index (χ1) is 9.56. The highest BCUT2D eigenvalue weighted by molar-refractivity contribution is 5.80. The molecule has 0 saturated heterocycles. The number of aliphatic hydroxyl groups excluding tert-OH is 1. The average Bonchev–Trinajstić information content (AvgIpc) is 2.96. The molecular formula is C15H25NO4. The van der Waals surface area contributed by atoms with Gasteiger partial charge in [0.25, 0.3) is 0 Å². The van der Waals surface area contributed by atoms with Crippen LogP contribution in [0.3, 0.4) is 0 Å². The molecule has 114 valence electrons. The van der Waals surface area contributed by atoms with E-state index in [0.717, 1.165) is 25.7 Å². The molecule has 0 aliphatic heterocycles. The van der Waals surface area contributed by atoms with Gasteiger partial charge in [0.1, 0.15) is 0 Å². The van der Waals surface area contributed by atoms with Gasteiger partial charge in [0.2, 0.25) is 5.91 Å². The molecule has 2 aliphatic rings. The number of carbonyl (C=O) groups excluding carboxylic acids is 1. The minimum Gasteiger partial charge on any atom is -0.481 e. The number of hydrogen-bond acceptors (Lipinski definition) is 3. The molecule has 0 radical (unpaired) electrons. The van der Waals surface area contributed by atoms with Crippen molar-refractivity contribution in [3.05, 3.63) is 0 Å². The van der Waals surface area contributed by atoms with Crippen LogP contribution < -0.4 is 5.32 Å². The van der Waals surface area contributed by atoms with Crippen LogP contribution in [-0.2, 0) is 9.59 Å². The molecule has 2 aliphatic carbocycles. The highest BCUT2D eigenvalue weighted by atomic mass is 16.4. The van der Waals surface area contributed by atoms with Gasteiger partial charge in [0, 0.05) is 17.9 Å². The molecule has 20 heavy (non-hydrogen) atoms. The molecule has 0 aromatic heterocycles. The van der Waals surface area contributed by atoms with E-state index in [1.165, 1.54) is 6.42 Å². The van der Waals surface area contributed by atoms with Gasteiger partial charge in [-0.05, 0) is 32.1 Å². The first kappa shape index (κ1) is 15.3. The summed E-state index contributed by atoms with van der Waals surface area (Å²) in [5, 5.41) is 21.5. The second-order valence-corrected chi connectivity index (χ2v) is 6.48. The van der Waals surface area contributed by atoms with Crippen molar-refractivity contribution in [2.24, 2.45) is 17.3 Å². The second-order valence-electron chi connectivity index (χ2n) is 6.48. The molecule has 5 nitrogen and oxygen atoms in total. The highest BCUT2D eigenvalue weighted by Gasteiger charge is 2.36. The SMILES string of the molecule is O=C(O)[C@H]1CC[C@@H](C(=O)NCC2(CO)CCCCC2)C1. The number of aliphatic hydroxyl groups is 1. The summed E-state index contributed by atoms with van der Waals surface area (Å²) < 4.78 is 0. The number of nitrogens with one attached hydrogen (secondary N) is 1. The second kappa shape index (κ2) is 6.57. The van der Waals surface area contributed by atoms with Gasteiger partial charge in [0.05, 0.1) is 12.5 Å². The Morgan fingerprint density at radius 1 is 1.10 bits per heavy atom. The standard InChI is InChI=1S/C15H25NO4/c17-10-15(6-2-1-3-7-15)9-16-13(18)11-4-5-12(8-11)14(19)20/h11-12,17H,1-10H2,(H,16,18)(H,19,20)/t11-,12+/m1/s1. The Hall–Kier alpha value is -1.10. The number of amides is 1. The molecule has 0 spiro atoms. The van der Waals surface area contributed by atoms with Crippen molar-refractivity contribution >= 4 is 11.9 Å². The quantitative estimate of drug-likeness (QED) is 0.714. The zero-order chi connectivity index (χ0) is 14.6. The molecular weight excluding hydrogens is 258 g/mol. The first-order valence-corrected chi connectivity index (χ1v) is 7.68. The monoisotopic (exact) mass is 283 g/mol. The van der Waals surface area contributed by atoms with Crippen LogP contribution in [0.15, 0.2) is 0 Å². The van der Waals surface area contributed by atoms with Crippen LogP contribution in [0.1, 0.15) is 51.4 Å². The summed E-state index contributed by atoms with van der Waals surface area (Å²) in [6.45, 7) is 0.645. The van der Waals surface area contributed by atoms with Crippen molar-refractivity contribution in [1.29, 1.82) is 0 Å². The Balaban J connectivity index is 1.81. The molecule has 0 aromatic carbocycles. The van der Waals surface area contributed by atoms with E-state index in [9.17, 15) is 14.7 Å². The van der Waals surface area contributed by atoms with E-state index in [-0.39, 0.29) is 29.8 Å². The van der Waals surface area contributed by atoms with Gasteiger partial charge < -0.3 is 15.5 Å². The van der Waals surface area contributed by atoms with Crippen LogP contribution in [0.5, 0.6) is 0 Å². The molecule has 2 fully saturated rings. The third-order valence-electron chi connectivity index (χ3n) is 5.04. The molecule has 5 heteroatoms. The molecule has 2 atom stereocenters. The fourth-order valence-electron chi connectivity index (χ4n) is 3.56. The lowest BCUT2D eigenvalue weighted by molar-refractivity contribution is -0.141. The molecule has 2 rings (SSSR count). The molecule has 2 saturated carbocycles. The molecule has 0 unspecified atom stereocenters. The van der Waals surface area contributed by atoms with Crippen LogP contribution >= 0.6 is 0 Å². The predicted octanol–water partition coefficient (Wildman–Crippen LogP) is 1.55. The highest BCUT2D eigenvalue weighted by Crippen LogP contribution is 2.36. The van der Waals surface area contributed by atoms with Crippen LogP contribution in [0, 0.1) is 17.3 Å². The van der Waals surface area contributed by atoms with Crippen molar-refractivity contribution in [3.8, 4) is 0 Å². The summed E-state index contributed by atoms with van der Waals surface area (Å²) >= 11 is 0. The van der Waals surface area contributed by atoms with Gasteiger partial charge in [-0.25, -0.2) is 0 Å². The van der Waals surface area contributed by atoms with Crippen LogP contribution in [0.2, 0.25) is 0 Å². The first-order valence-electron chi connectivity index (χ1n) is 7.68. The summed E-state index contributed by atoms with van der Waals surface area (Å²) in [7, 11) is 0. The number of carboxylic acids is 1. The molecule has 0 aromatic rings. The lowest BCUT2D eigenvalue weighted by atomic mass is 9.74. The van der Waals surface area contributed by atoms with Gasteiger partial charge in [-0.15, -0.1) is 0 Å². The number of carboxylic acid groups (broad SMARTS) is 1. The van der Waals surface area contributed by atoms with Crippen molar-refractivity contribution in [3.63, 3.8) is 0 Å². The number of hydrogen-bond donors (Lipinski definition) is 3. The van der Waals surface area contributed by atoms with E-state index in [1.807, 2.05) is 0 Å². The normalized spacial score (nSPS) is 29.1.